The summed E-state index contributed by atoms with van der Waals surface area (Å²) < 4.78 is 25.7. The Bertz CT molecular complexity index is 728. The maximum absolute atomic E-state index is 13.0. The first-order valence-corrected chi connectivity index (χ1v) is 6.80. The molecule has 23 heavy (non-hydrogen) atoms. The standard InChI is InChI=1S/C17H14F2N2O2/c18-14-7-4-13(5-8-14)11-17(23)21-20-16(22)9-6-12-2-1-3-15(19)10-12/h1-10H,11H2,(H,20,22)(H,21,23)/b9-6+. The van der Waals surface area contributed by atoms with E-state index in [2.05, 4.69) is 10.9 Å². The molecule has 2 rings (SSSR count). The predicted molar refractivity (Wildman–Crippen MR) is 81.8 cm³/mol. The van der Waals surface area contributed by atoms with Crippen molar-refractivity contribution in [2.75, 3.05) is 0 Å². The van der Waals surface area contributed by atoms with Crippen LogP contribution < -0.4 is 10.9 Å². The predicted octanol–water partition coefficient (Wildman–Crippen LogP) is 2.37. The molecular weight excluding hydrogens is 302 g/mol. The molecule has 2 aromatic carbocycles. The van der Waals surface area contributed by atoms with Crippen LogP contribution in [-0.4, -0.2) is 11.8 Å². The van der Waals surface area contributed by atoms with Crippen molar-refractivity contribution in [1.29, 1.82) is 0 Å². The van der Waals surface area contributed by atoms with Crippen molar-refractivity contribution in [2.45, 2.75) is 6.42 Å². The van der Waals surface area contributed by atoms with E-state index in [9.17, 15) is 18.4 Å². The highest BCUT2D eigenvalue weighted by Crippen LogP contribution is 2.05. The van der Waals surface area contributed by atoms with E-state index in [-0.39, 0.29) is 12.2 Å². The fraction of sp³-hybridized carbons (Fsp3) is 0.0588. The average Bonchev–Trinajstić information content (AvgIpc) is 2.53. The molecule has 0 heterocycles. The molecule has 0 radical (unpaired) electrons. The van der Waals surface area contributed by atoms with E-state index in [1.54, 1.807) is 6.07 Å². The molecule has 0 saturated carbocycles. The number of rotatable bonds is 4. The molecule has 0 aliphatic rings. The lowest BCUT2D eigenvalue weighted by Crippen LogP contribution is -2.41. The van der Waals surface area contributed by atoms with Crippen molar-refractivity contribution < 1.29 is 18.4 Å². The van der Waals surface area contributed by atoms with Gasteiger partial charge in [-0.15, -0.1) is 0 Å². The van der Waals surface area contributed by atoms with E-state index in [1.807, 2.05) is 0 Å². The molecule has 0 aromatic heterocycles. The van der Waals surface area contributed by atoms with E-state index in [4.69, 9.17) is 0 Å². The van der Waals surface area contributed by atoms with E-state index >= 15 is 0 Å². The number of nitrogens with one attached hydrogen (secondary N) is 2. The maximum Gasteiger partial charge on any atom is 0.262 e. The molecular formula is C17H14F2N2O2. The zero-order valence-corrected chi connectivity index (χ0v) is 12.1. The molecule has 2 N–H and O–H groups in total. The van der Waals surface area contributed by atoms with Crippen LogP contribution in [0.25, 0.3) is 6.08 Å². The van der Waals surface area contributed by atoms with Crippen LogP contribution in [0.1, 0.15) is 11.1 Å². The Balaban J connectivity index is 1.79. The summed E-state index contributed by atoms with van der Waals surface area (Å²) in [6.07, 6.45) is 2.60. The Labute approximate surface area is 131 Å². The Morgan fingerprint density at radius 2 is 1.70 bits per heavy atom. The van der Waals surface area contributed by atoms with Gasteiger partial charge in [0.1, 0.15) is 11.6 Å². The number of hydrogen-bond acceptors (Lipinski definition) is 2. The van der Waals surface area contributed by atoms with Gasteiger partial charge in [-0.25, -0.2) is 8.78 Å². The fourth-order valence-corrected chi connectivity index (χ4v) is 1.79. The summed E-state index contributed by atoms with van der Waals surface area (Å²) >= 11 is 0. The van der Waals surface area contributed by atoms with Crippen LogP contribution in [0.15, 0.2) is 54.6 Å². The zero-order valence-electron chi connectivity index (χ0n) is 12.1. The van der Waals surface area contributed by atoms with Crippen LogP contribution in [0.2, 0.25) is 0 Å². The molecule has 0 aliphatic heterocycles. The van der Waals surface area contributed by atoms with Crippen molar-refractivity contribution in [3.8, 4) is 0 Å². The van der Waals surface area contributed by atoms with Gasteiger partial charge in [-0.3, -0.25) is 20.4 Å². The first-order chi connectivity index (χ1) is 11.0. The lowest BCUT2D eigenvalue weighted by Gasteiger charge is -2.05. The first kappa shape index (κ1) is 16.4. The van der Waals surface area contributed by atoms with E-state index in [0.717, 1.165) is 0 Å². The number of hydrazine groups is 1. The number of halogens is 2. The second-order valence-corrected chi connectivity index (χ2v) is 4.73. The third kappa shape index (κ3) is 5.70. The lowest BCUT2D eigenvalue weighted by atomic mass is 10.1. The number of benzene rings is 2. The van der Waals surface area contributed by atoms with Gasteiger partial charge in [0, 0.05) is 6.08 Å². The second kappa shape index (κ2) is 7.84. The normalized spacial score (nSPS) is 10.5. The molecule has 0 unspecified atom stereocenters. The first-order valence-electron chi connectivity index (χ1n) is 6.80. The zero-order chi connectivity index (χ0) is 16.7. The Morgan fingerprint density at radius 3 is 2.39 bits per heavy atom. The van der Waals surface area contributed by atoms with Crippen LogP contribution in [0, 0.1) is 11.6 Å². The van der Waals surface area contributed by atoms with Gasteiger partial charge >= 0.3 is 0 Å². The Hall–Kier alpha value is -3.02. The average molecular weight is 316 g/mol. The van der Waals surface area contributed by atoms with Crippen LogP contribution >= 0.6 is 0 Å². The Morgan fingerprint density at radius 1 is 0.957 bits per heavy atom. The van der Waals surface area contributed by atoms with Gasteiger partial charge in [0.05, 0.1) is 6.42 Å². The fourth-order valence-electron chi connectivity index (χ4n) is 1.79. The van der Waals surface area contributed by atoms with Crippen molar-refractivity contribution in [3.63, 3.8) is 0 Å². The van der Waals surface area contributed by atoms with Crippen molar-refractivity contribution >= 4 is 17.9 Å². The molecule has 2 aromatic rings. The summed E-state index contributed by atoms with van der Waals surface area (Å²) in [5.41, 5.74) is 5.59. The van der Waals surface area contributed by atoms with Crippen molar-refractivity contribution in [2.24, 2.45) is 0 Å². The van der Waals surface area contributed by atoms with Crippen LogP contribution in [0.5, 0.6) is 0 Å². The molecule has 0 spiro atoms. The summed E-state index contributed by atoms with van der Waals surface area (Å²) in [5, 5.41) is 0. The van der Waals surface area contributed by atoms with Gasteiger partial charge in [-0.2, -0.15) is 0 Å². The highest BCUT2D eigenvalue weighted by Gasteiger charge is 2.04. The van der Waals surface area contributed by atoms with Gasteiger partial charge in [0.15, 0.2) is 0 Å². The minimum absolute atomic E-state index is 0.00811. The number of carbonyl (C=O) groups is 2. The van der Waals surface area contributed by atoms with Crippen molar-refractivity contribution in [3.05, 3.63) is 77.4 Å². The largest absolute Gasteiger partial charge is 0.273 e. The van der Waals surface area contributed by atoms with E-state index in [1.165, 1.54) is 54.6 Å². The third-order valence-corrected chi connectivity index (χ3v) is 2.88. The quantitative estimate of drug-likeness (QED) is 0.672. The molecule has 6 heteroatoms. The highest BCUT2D eigenvalue weighted by molar-refractivity contribution is 5.93. The monoisotopic (exact) mass is 316 g/mol. The van der Waals surface area contributed by atoms with E-state index < -0.39 is 17.6 Å². The van der Waals surface area contributed by atoms with Gasteiger partial charge < -0.3 is 0 Å². The Kier molecular flexibility index (Phi) is 5.57. The van der Waals surface area contributed by atoms with Crippen molar-refractivity contribution in [1.82, 2.24) is 10.9 Å². The topological polar surface area (TPSA) is 58.2 Å². The summed E-state index contributed by atoms with van der Waals surface area (Å²) in [6, 6.07) is 11.2. The maximum atomic E-state index is 13.0. The lowest BCUT2D eigenvalue weighted by molar-refractivity contribution is -0.126. The molecule has 0 saturated heterocycles. The molecule has 0 atom stereocenters. The molecule has 2 amide bonds. The third-order valence-electron chi connectivity index (χ3n) is 2.88. The summed E-state index contributed by atoms with van der Waals surface area (Å²) in [4.78, 5) is 23.2. The van der Waals surface area contributed by atoms with Gasteiger partial charge in [-0.05, 0) is 41.5 Å². The SMILES string of the molecule is O=C(/C=C/c1cccc(F)c1)NNC(=O)Cc1ccc(F)cc1. The molecule has 0 aliphatic carbocycles. The second-order valence-electron chi connectivity index (χ2n) is 4.73. The molecule has 0 fully saturated rings. The number of carbonyl (C=O) groups excluding carboxylic acids is 2. The minimum atomic E-state index is -0.554. The summed E-state index contributed by atoms with van der Waals surface area (Å²) in [6.45, 7) is 0. The smallest absolute Gasteiger partial charge is 0.262 e. The molecule has 118 valence electrons. The minimum Gasteiger partial charge on any atom is -0.273 e. The van der Waals surface area contributed by atoms with Gasteiger partial charge in [0.2, 0.25) is 5.91 Å². The van der Waals surface area contributed by atoms with Crippen LogP contribution in [0.3, 0.4) is 0 Å². The van der Waals surface area contributed by atoms with Gasteiger partial charge in [-0.1, -0.05) is 24.3 Å². The summed E-state index contributed by atoms with van der Waals surface area (Å²) in [5.74, 6) is -1.78. The van der Waals surface area contributed by atoms with Crippen LogP contribution in [0.4, 0.5) is 8.78 Å². The summed E-state index contributed by atoms with van der Waals surface area (Å²) in [7, 11) is 0. The molecule has 0 bridgehead atoms. The number of hydrogen-bond donors (Lipinski definition) is 2. The van der Waals surface area contributed by atoms with E-state index in [0.29, 0.717) is 11.1 Å². The number of amides is 2. The molecule has 4 nitrogen and oxygen atoms in total. The van der Waals surface area contributed by atoms with Gasteiger partial charge in [0.25, 0.3) is 5.91 Å². The highest BCUT2D eigenvalue weighted by atomic mass is 19.1. The van der Waals surface area contributed by atoms with Crippen LogP contribution in [-0.2, 0) is 16.0 Å².